The molecule has 0 N–H and O–H groups in total. The molecule has 2 aromatic heterocycles. The number of hydrogen-bond acceptors (Lipinski definition) is 5. The van der Waals surface area contributed by atoms with Gasteiger partial charge in [0.25, 0.3) is 5.91 Å². The van der Waals surface area contributed by atoms with Gasteiger partial charge in [0.2, 0.25) is 0 Å². The Labute approximate surface area is 172 Å². The number of halogens is 3. The lowest BCUT2D eigenvalue weighted by molar-refractivity contribution is -0.138. The molecule has 6 nitrogen and oxygen atoms in total. The van der Waals surface area contributed by atoms with Crippen molar-refractivity contribution in [2.24, 2.45) is 0 Å². The number of aromatic nitrogens is 2. The zero-order valence-corrected chi connectivity index (χ0v) is 16.5. The summed E-state index contributed by atoms with van der Waals surface area (Å²) in [4.78, 5) is 24.5. The fourth-order valence-corrected chi connectivity index (χ4v) is 3.88. The Morgan fingerprint density at radius 2 is 1.80 bits per heavy atom. The zero-order valence-electron chi connectivity index (χ0n) is 16.5. The molecule has 0 bridgehead atoms. The summed E-state index contributed by atoms with van der Waals surface area (Å²) in [5.41, 5.74) is 1.40. The van der Waals surface area contributed by atoms with Crippen molar-refractivity contribution >= 4 is 11.7 Å². The number of fused-ring (bicyclic) bond motifs is 1. The third-order valence-electron chi connectivity index (χ3n) is 5.58. The van der Waals surface area contributed by atoms with Crippen LogP contribution in [0.4, 0.5) is 19.0 Å². The maximum Gasteiger partial charge on any atom is 0.417 e. The maximum absolute atomic E-state index is 12.7. The summed E-state index contributed by atoms with van der Waals surface area (Å²) in [7, 11) is 0. The molecule has 0 spiro atoms. The Bertz CT molecular complexity index is 894. The van der Waals surface area contributed by atoms with Crippen LogP contribution in [0.3, 0.4) is 0 Å². The van der Waals surface area contributed by atoms with Gasteiger partial charge < -0.3 is 14.5 Å². The van der Waals surface area contributed by atoms with E-state index in [2.05, 4.69) is 9.97 Å². The lowest BCUT2D eigenvalue weighted by Crippen LogP contribution is -2.50. The van der Waals surface area contributed by atoms with Gasteiger partial charge in [-0.05, 0) is 43.9 Å². The molecule has 2 aromatic rings. The highest BCUT2D eigenvalue weighted by Gasteiger charge is 2.31. The van der Waals surface area contributed by atoms with Gasteiger partial charge in [0.15, 0.2) is 6.61 Å². The first-order valence-corrected chi connectivity index (χ1v) is 10.1. The molecule has 0 atom stereocenters. The molecule has 0 saturated carbocycles. The summed E-state index contributed by atoms with van der Waals surface area (Å²) in [6, 6.07) is 4.21. The number of alkyl halides is 3. The molecule has 1 aliphatic carbocycles. The molecule has 0 aromatic carbocycles. The minimum atomic E-state index is -4.40. The van der Waals surface area contributed by atoms with Crippen molar-refractivity contribution in [1.82, 2.24) is 14.9 Å². The number of anilines is 1. The van der Waals surface area contributed by atoms with E-state index in [1.165, 1.54) is 6.07 Å². The van der Waals surface area contributed by atoms with Crippen LogP contribution >= 0.6 is 0 Å². The molecular weight excluding hydrogens is 397 g/mol. The molecule has 0 radical (unpaired) electrons. The smallest absolute Gasteiger partial charge is 0.417 e. The van der Waals surface area contributed by atoms with Gasteiger partial charge in [-0.25, -0.2) is 4.98 Å². The first kappa shape index (κ1) is 20.4. The fraction of sp³-hybridized carbons (Fsp3) is 0.476. The Hall–Kier alpha value is -2.84. The van der Waals surface area contributed by atoms with Crippen molar-refractivity contribution in [2.75, 3.05) is 37.7 Å². The molecule has 1 amide bonds. The minimum absolute atomic E-state index is 0.0328. The predicted octanol–water partition coefficient (Wildman–Crippen LogP) is 3.10. The molecule has 1 saturated heterocycles. The summed E-state index contributed by atoms with van der Waals surface area (Å²) in [6.45, 7) is 1.93. The highest BCUT2D eigenvalue weighted by molar-refractivity contribution is 5.78. The van der Waals surface area contributed by atoms with E-state index in [4.69, 9.17) is 4.74 Å². The Morgan fingerprint density at radius 1 is 1.03 bits per heavy atom. The predicted molar refractivity (Wildman–Crippen MR) is 104 cm³/mol. The second-order valence-electron chi connectivity index (χ2n) is 7.50. The summed E-state index contributed by atoms with van der Waals surface area (Å²) in [6.07, 6.45) is 2.26. The molecule has 9 heteroatoms. The number of pyridine rings is 2. The fourth-order valence-electron chi connectivity index (χ4n) is 3.88. The van der Waals surface area contributed by atoms with E-state index in [1.54, 1.807) is 11.1 Å². The SMILES string of the molecule is O=C(COc1ccnc2c1CCCC2)N1CCN(c2ccc(C(F)(F)F)cn2)CC1. The van der Waals surface area contributed by atoms with Crippen molar-refractivity contribution in [3.8, 4) is 5.75 Å². The topological polar surface area (TPSA) is 58.6 Å². The summed E-state index contributed by atoms with van der Waals surface area (Å²) < 4.78 is 43.8. The number of ether oxygens (including phenoxy) is 1. The van der Waals surface area contributed by atoms with Crippen molar-refractivity contribution in [3.63, 3.8) is 0 Å². The molecule has 2 aliphatic rings. The normalized spacial score (nSPS) is 16.9. The van der Waals surface area contributed by atoms with Crippen molar-refractivity contribution in [2.45, 2.75) is 31.9 Å². The third kappa shape index (κ3) is 4.49. The highest BCUT2D eigenvalue weighted by atomic mass is 19.4. The van der Waals surface area contributed by atoms with Gasteiger partial charge >= 0.3 is 6.18 Å². The van der Waals surface area contributed by atoms with Crippen LogP contribution in [0.1, 0.15) is 29.7 Å². The number of hydrogen-bond donors (Lipinski definition) is 0. The molecule has 160 valence electrons. The number of carbonyl (C=O) groups excluding carboxylic acids is 1. The lowest BCUT2D eigenvalue weighted by atomic mass is 9.95. The van der Waals surface area contributed by atoms with Crippen LogP contribution in [-0.2, 0) is 23.8 Å². The quantitative estimate of drug-likeness (QED) is 0.761. The molecular formula is C21H23F3N4O2. The molecule has 30 heavy (non-hydrogen) atoms. The van der Waals surface area contributed by atoms with Crippen LogP contribution in [0.2, 0.25) is 0 Å². The number of amides is 1. The highest BCUT2D eigenvalue weighted by Crippen LogP contribution is 2.30. The van der Waals surface area contributed by atoms with Gasteiger partial charge in [-0.3, -0.25) is 9.78 Å². The molecule has 0 unspecified atom stereocenters. The van der Waals surface area contributed by atoms with Crippen LogP contribution in [-0.4, -0.2) is 53.6 Å². The second-order valence-corrected chi connectivity index (χ2v) is 7.50. The van der Waals surface area contributed by atoms with Crippen LogP contribution in [0, 0.1) is 0 Å². The van der Waals surface area contributed by atoms with Gasteiger partial charge in [0, 0.05) is 49.8 Å². The van der Waals surface area contributed by atoms with Crippen molar-refractivity contribution in [1.29, 1.82) is 0 Å². The molecule has 3 heterocycles. The number of nitrogens with zero attached hydrogens (tertiary/aromatic N) is 4. The van der Waals surface area contributed by atoms with E-state index in [0.717, 1.165) is 55.0 Å². The number of piperazine rings is 1. The van der Waals surface area contributed by atoms with E-state index in [1.807, 2.05) is 11.0 Å². The van der Waals surface area contributed by atoms with Crippen LogP contribution in [0.25, 0.3) is 0 Å². The summed E-state index contributed by atoms with van der Waals surface area (Å²) in [5.74, 6) is 1.12. The van der Waals surface area contributed by atoms with Crippen molar-refractivity contribution in [3.05, 3.63) is 47.4 Å². The first-order chi connectivity index (χ1) is 14.4. The lowest BCUT2D eigenvalue weighted by Gasteiger charge is -2.35. The number of rotatable bonds is 4. The van der Waals surface area contributed by atoms with Gasteiger partial charge in [-0.2, -0.15) is 13.2 Å². The maximum atomic E-state index is 12.7. The third-order valence-corrected chi connectivity index (χ3v) is 5.58. The number of aryl methyl sites for hydroxylation is 1. The van der Waals surface area contributed by atoms with Crippen LogP contribution in [0.15, 0.2) is 30.6 Å². The largest absolute Gasteiger partial charge is 0.483 e. The summed E-state index contributed by atoms with van der Waals surface area (Å²) >= 11 is 0. The van der Waals surface area contributed by atoms with Crippen LogP contribution < -0.4 is 9.64 Å². The average molecular weight is 420 g/mol. The average Bonchev–Trinajstić information content (AvgIpc) is 2.77. The Kier molecular flexibility index (Phi) is 5.78. The second kappa shape index (κ2) is 8.49. The number of carbonyl (C=O) groups is 1. The monoisotopic (exact) mass is 420 g/mol. The van der Waals surface area contributed by atoms with Crippen molar-refractivity contribution < 1.29 is 22.7 Å². The molecule has 4 rings (SSSR count). The van der Waals surface area contributed by atoms with E-state index in [-0.39, 0.29) is 12.5 Å². The van der Waals surface area contributed by atoms with E-state index in [9.17, 15) is 18.0 Å². The van der Waals surface area contributed by atoms with Gasteiger partial charge in [0.1, 0.15) is 11.6 Å². The standard InChI is InChI=1S/C21H23F3N4O2/c22-21(23,24)15-5-6-19(26-13-15)27-9-11-28(12-10-27)20(29)14-30-18-7-8-25-17-4-2-1-3-16(17)18/h5-8,13H,1-4,9-12,14H2. The zero-order chi connectivity index (χ0) is 21.1. The first-order valence-electron chi connectivity index (χ1n) is 10.1. The van der Waals surface area contributed by atoms with Gasteiger partial charge in [-0.15, -0.1) is 0 Å². The Morgan fingerprint density at radius 3 is 2.50 bits per heavy atom. The van der Waals surface area contributed by atoms with E-state index < -0.39 is 11.7 Å². The molecule has 1 fully saturated rings. The van der Waals surface area contributed by atoms with E-state index >= 15 is 0 Å². The van der Waals surface area contributed by atoms with Gasteiger partial charge in [0.05, 0.1) is 5.56 Å². The van der Waals surface area contributed by atoms with Crippen LogP contribution in [0.5, 0.6) is 5.75 Å². The van der Waals surface area contributed by atoms with E-state index in [0.29, 0.717) is 32.0 Å². The summed E-state index contributed by atoms with van der Waals surface area (Å²) in [5, 5.41) is 0. The Balaban J connectivity index is 1.30. The molecule has 1 aliphatic heterocycles. The van der Waals surface area contributed by atoms with Gasteiger partial charge in [-0.1, -0.05) is 0 Å². The minimum Gasteiger partial charge on any atom is -0.483 e.